The van der Waals surface area contributed by atoms with Crippen LogP contribution in [0.15, 0.2) is 59.1 Å². The number of carbonyl (C=O) groups excluding carboxylic acids is 1. The van der Waals surface area contributed by atoms with E-state index in [-0.39, 0.29) is 12.5 Å². The van der Waals surface area contributed by atoms with Crippen LogP contribution in [-0.2, 0) is 11.2 Å². The van der Waals surface area contributed by atoms with Gasteiger partial charge in [-0.3, -0.25) is 9.59 Å². The van der Waals surface area contributed by atoms with Gasteiger partial charge in [-0.25, -0.2) is 0 Å². The van der Waals surface area contributed by atoms with Crippen molar-refractivity contribution in [3.63, 3.8) is 0 Å². The van der Waals surface area contributed by atoms with Crippen LogP contribution in [0, 0.1) is 0 Å². The fourth-order valence-corrected chi connectivity index (χ4v) is 2.36. The molecule has 4 nitrogen and oxygen atoms in total. The topological polar surface area (TPSA) is 57.6 Å². The number of hydrogen-bond donors (Lipinski definition) is 1. The first-order valence-corrected chi connectivity index (χ1v) is 7.66. The standard InChI is InChI=1S/C17H16BrNO3/c18-15-8-6-14(7-9-15)17(22)19(12-16(20)21)11-10-13-4-2-1-3-5-13/h1-9H,10-12H2,(H,20,21). The first-order valence-electron chi connectivity index (χ1n) is 6.87. The van der Waals surface area contributed by atoms with Gasteiger partial charge >= 0.3 is 5.97 Å². The Bertz CT molecular complexity index is 641. The number of benzene rings is 2. The third-order valence-electron chi connectivity index (χ3n) is 3.22. The molecule has 0 unspecified atom stereocenters. The van der Waals surface area contributed by atoms with E-state index in [0.717, 1.165) is 10.0 Å². The van der Waals surface area contributed by atoms with Crippen molar-refractivity contribution in [3.8, 4) is 0 Å². The van der Waals surface area contributed by atoms with Crippen molar-refractivity contribution in [2.24, 2.45) is 0 Å². The summed E-state index contributed by atoms with van der Waals surface area (Å²) in [6.07, 6.45) is 0.621. The molecule has 0 saturated carbocycles. The summed E-state index contributed by atoms with van der Waals surface area (Å²) in [7, 11) is 0. The molecule has 1 amide bonds. The molecule has 0 heterocycles. The Morgan fingerprint density at radius 1 is 1.00 bits per heavy atom. The van der Waals surface area contributed by atoms with Crippen molar-refractivity contribution in [2.75, 3.05) is 13.1 Å². The van der Waals surface area contributed by atoms with E-state index in [4.69, 9.17) is 5.11 Å². The van der Waals surface area contributed by atoms with Crippen LogP contribution in [0.1, 0.15) is 15.9 Å². The van der Waals surface area contributed by atoms with Gasteiger partial charge in [-0.1, -0.05) is 46.3 Å². The molecule has 0 bridgehead atoms. The van der Waals surface area contributed by atoms with E-state index in [9.17, 15) is 9.59 Å². The molecule has 0 spiro atoms. The third-order valence-corrected chi connectivity index (χ3v) is 3.75. The second-order valence-electron chi connectivity index (χ2n) is 4.86. The zero-order chi connectivity index (χ0) is 15.9. The van der Waals surface area contributed by atoms with Crippen LogP contribution < -0.4 is 0 Å². The van der Waals surface area contributed by atoms with E-state index >= 15 is 0 Å². The number of nitrogens with zero attached hydrogens (tertiary/aromatic N) is 1. The second kappa shape index (κ2) is 7.75. The van der Waals surface area contributed by atoms with Crippen LogP contribution in [0.5, 0.6) is 0 Å². The van der Waals surface area contributed by atoms with Crippen molar-refractivity contribution in [1.29, 1.82) is 0 Å². The van der Waals surface area contributed by atoms with Crippen LogP contribution in [-0.4, -0.2) is 35.0 Å². The molecule has 1 N–H and O–H groups in total. The molecule has 0 radical (unpaired) electrons. The molecule has 0 aliphatic rings. The van der Waals surface area contributed by atoms with Crippen LogP contribution >= 0.6 is 15.9 Å². The Morgan fingerprint density at radius 2 is 1.64 bits per heavy atom. The van der Waals surface area contributed by atoms with Crippen LogP contribution in [0.2, 0.25) is 0 Å². The highest BCUT2D eigenvalue weighted by Gasteiger charge is 2.18. The third kappa shape index (κ3) is 4.70. The van der Waals surface area contributed by atoms with E-state index < -0.39 is 5.97 Å². The quantitative estimate of drug-likeness (QED) is 0.859. The lowest BCUT2D eigenvalue weighted by Crippen LogP contribution is -2.37. The number of hydrogen-bond acceptors (Lipinski definition) is 2. The van der Waals surface area contributed by atoms with Gasteiger partial charge in [0.05, 0.1) is 0 Å². The zero-order valence-electron chi connectivity index (χ0n) is 11.9. The van der Waals surface area contributed by atoms with Crippen molar-refractivity contribution in [1.82, 2.24) is 4.90 Å². The minimum atomic E-state index is -1.02. The van der Waals surface area contributed by atoms with Crippen molar-refractivity contribution >= 4 is 27.8 Å². The molecule has 2 aromatic rings. The monoisotopic (exact) mass is 361 g/mol. The summed E-state index contributed by atoms with van der Waals surface area (Å²) in [6.45, 7) is 0.0624. The van der Waals surface area contributed by atoms with Crippen LogP contribution in [0.25, 0.3) is 0 Å². The Hall–Kier alpha value is -2.14. The fourth-order valence-electron chi connectivity index (χ4n) is 2.10. The number of carbonyl (C=O) groups is 2. The lowest BCUT2D eigenvalue weighted by atomic mass is 10.1. The van der Waals surface area contributed by atoms with E-state index in [0.29, 0.717) is 18.5 Å². The summed E-state index contributed by atoms with van der Waals surface area (Å²) in [5.41, 5.74) is 1.55. The predicted octanol–water partition coefficient (Wildman–Crippen LogP) is 3.22. The van der Waals surface area contributed by atoms with E-state index in [1.165, 1.54) is 4.90 Å². The van der Waals surface area contributed by atoms with Crippen LogP contribution in [0.3, 0.4) is 0 Å². The highest BCUT2D eigenvalue weighted by molar-refractivity contribution is 9.10. The molecule has 0 atom stereocenters. The molecule has 0 aliphatic heterocycles. The Balaban J connectivity index is 2.09. The number of amides is 1. The highest BCUT2D eigenvalue weighted by atomic mass is 79.9. The average molecular weight is 362 g/mol. The van der Waals surface area contributed by atoms with Gasteiger partial charge in [0.15, 0.2) is 0 Å². The number of rotatable bonds is 6. The average Bonchev–Trinajstić information content (AvgIpc) is 2.52. The maximum Gasteiger partial charge on any atom is 0.323 e. The Kier molecular flexibility index (Phi) is 5.72. The summed E-state index contributed by atoms with van der Waals surface area (Å²) in [5.74, 6) is -1.29. The lowest BCUT2D eigenvalue weighted by Gasteiger charge is -2.21. The Labute approximate surface area is 137 Å². The number of halogens is 1. The molecule has 5 heteroatoms. The molecule has 114 valence electrons. The van der Waals surface area contributed by atoms with Gasteiger partial charge < -0.3 is 10.0 Å². The smallest absolute Gasteiger partial charge is 0.323 e. The van der Waals surface area contributed by atoms with Gasteiger partial charge in [0, 0.05) is 16.6 Å². The van der Waals surface area contributed by atoms with Gasteiger partial charge in [-0.05, 0) is 36.2 Å². The molecule has 0 fully saturated rings. The fraction of sp³-hybridized carbons (Fsp3) is 0.176. The normalized spacial score (nSPS) is 10.2. The highest BCUT2D eigenvalue weighted by Crippen LogP contribution is 2.13. The molecule has 22 heavy (non-hydrogen) atoms. The van der Waals surface area contributed by atoms with E-state index in [1.807, 2.05) is 30.3 Å². The zero-order valence-corrected chi connectivity index (χ0v) is 13.5. The summed E-state index contributed by atoms with van der Waals surface area (Å²) in [6, 6.07) is 16.6. The number of carboxylic acids is 1. The van der Waals surface area contributed by atoms with Crippen molar-refractivity contribution in [3.05, 3.63) is 70.2 Å². The van der Waals surface area contributed by atoms with E-state index in [1.54, 1.807) is 24.3 Å². The maximum absolute atomic E-state index is 12.5. The summed E-state index contributed by atoms with van der Waals surface area (Å²) < 4.78 is 0.873. The lowest BCUT2D eigenvalue weighted by molar-refractivity contribution is -0.137. The molecular formula is C17H16BrNO3. The molecular weight excluding hydrogens is 346 g/mol. The molecule has 0 aliphatic carbocycles. The maximum atomic E-state index is 12.5. The van der Waals surface area contributed by atoms with Crippen molar-refractivity contribution < 1.29 is 14.7 Å². The van der Waals surface area contributed by atoms with E-state index in [2.05, 4.69) is 15.9 Å². The molecule has 2 rings (SSSR count). The van der Waals surface area contributed by atoms with Gasteiger partial charge in [0.2, 0.25) is 0 Å². The predicted molar refractivity (Wildman–Crippen MR) is 87.8 cm³/mol. The first-order chi connectivity index (χ1) is 10.6. The molecule has 0 saturated heterocycles. The molecule has 0 aromatic heterocycles. The summed E-state index contributed by atoms with van der Waals surface area (Å²) in [4.78, 5) is 24.8. The second-order valence-corrected chi connectivity index (χ2v) is 5.78. The van der Waals surface area contributed by atoms with Gasteiger partial charge in [-0.15, -0.1) is 0 Å². The first kappa shape index (κ1) is 16.2. The van der Waals surface area contributed by atoms with Gasteiger partial charge in [0.1, 0.15) is 6.54 Å². The largest absolute Gasteiger partial charge is 0.480 e. The Morgan fingerprint density at radius 3 is 2.23 bits per heavy atom. The summed E-state index contributed by atoms with van der Waals surface area (Å²) in [5, 5.41) is 9.02. The minimum Gasteiger partial charge on any atom is -0.480 e. The van der Waals surface area contributed by atoms with Gasteiger partial charge in [-0.2, -0.15) is 0 Å². The number of carboxylic acid groups (broad SMARTS) is 1. The summed E-state index contributed by atoms with van der Waals surface area (Å²) >= 11 is 3.31. The number of aliphatic carboxylic acids is 1. The van der Waals surface area contributed by atoms with Crippen molar-refractivity contribution in [2.45, 2.75) is 6.42 Å². The molecule has 2 aromatic carbocycles. The SMILES string of the molecule is O=C(O)CN(CCc1ccccc1)C(=O)c1ccc(Br)cc1. The minimum absolute atomic E-state index is 0.272. The van der Waals surface area contributed by atoms with Crippen LogP contribution in [0.4, 0.5) is 0 Å². The van der Waals surface area contributed by atoms with Gasteiger partial charge in [0.25, 0.3) is 5.91 Å².